The van der Waals surface area contributed by atoms with Gasteiger partial charge >= 0.3 is 5.97 Å². The molecule has 2 fully saturated rings. The fraction of sp³-hybridized carbons (Fsp3) is 0.917. The Kier molecular flexibility index (Phi) is 4.25. The lowest BCUT2D eigenvalue weighted by molar-refractivity contribution is -0.140. The molecule has 1 saturated heterocycles. The molecule has 0 aromatic carbocycles. The van der Waals surface area contributed by atoms with Gasteiger partial charge in [-0.25, -0.2) is 0 Å². The SMILES string of the molecule is COC(=O)C(Br)CN1CCC2CCCCC21. The molecular formula is C12H20BrNO2. The summed E-state index contributed by atoms with van der Waals surface area (Å²) >= 11 is 3.41. The van der Waals surface area contributed by atoms with Crippen LogP contribution < -0.4 is 0 Å². The van der Waals surface area contributed by atoms with Crippen molar-refractivity contribution in [3.63, 3.8) is 0 Å². The number of halogens is 1. The zero-order valence-corrected chi connectivity index (χ0v) is 11.4. The van der Waals surface area contributed by atoms with Crippen LogP contribution in [0.1, 0.15) is 32.1 Å². The van der Waals surface area contributed by atoms with Crippen LogP contribution in [0, 0.1) is 5.92 Å². The first kappa shape index (κ1) is 12.4. The van der Waals surface area contributed by atoms with Crippen molar-refractivity contribution in [2.75, 3.05) is 20.2 Å². The van der Waals surface area contributed by atoms with Crippen LogP contribution in [0.3, 0.4) is 0 Å². The molecule has 0 radical (unpaired) electrons. The molecule has 1 heterocycles. The van der Waals surface area contributed by atoms with Crippen LogP contribution in [0.4, 0.5) is 0 Å². The zero-order chi connectivity index (χ0) is 11.5. The standard InChI is InChI=1S/C12H20BrNO2/c1-16-12(15)10(13)8-14-7-6-9-4-2-3-5-11(9)14/h9-11H,2-8H2,1H3. The highest BCUT2D eigenvalue weighted by Crippen LogP contribution is 2.36. The molecule has 4 heteroatoms. The van der Waals surface area contributed by atoms with Crippen LogP contribution in [0.5, 0.6) is 0 Å². The number of nitrogens with zero attached hydrogens (tertiary/aromatic N) is 1. The van der Waals surface area contributed by atoms with Gasteiger partial charge in [-0.05, 0) is 31.7 Å². The molecule has 3 nitrogen and oxygen atoms in total. The van der Waals surface area contributed by atoms with Crippen molar-refractivity contribution in [2.24, 2.45) is 5.92 Å². The van der Waals surface area contributed by atoms with Gasteiger partial charge in [-0.3, -0.25) is 9.69 Å². The number of carbonyl (C=O) groups is 1. The summed E-state index contributed by atoms with van der Waals surface area (Å²) in [4.78, 5) is 13.7. The number of hydrogen-bond acceptors (Lipinski definition) is 3. The van der Waals surface area contributed by atoms with E-state index < -0.39 is 0 Å². The summed E-state index contributed by atoms with van der Waals surface area (Å²) < 4.78 is 4.75. The summed E-state index contributed by atoms with van der Waals surface area (Å²) in [5.74, 6) is 0.727. The number of carbonyl (C=O) groups excluding carboxylic acids is 1. The first-order valence-corrected chi connectivity index (χ1v) is 7.10. The number of alkyl halides is 1. The van der Waals surface area contributed by atoms with E-state index in [9.17, 15) is 4.79 Å². The lowest BCUT2D eigenvalue weighted by Crippen LogP contribution is -2.40. The second-order valence-electron chi connectivity index (χ2n) is 4.89. The Bertz CT molecular complexity index is 259. The van der Waals surface area contributed by atoms with Gasteiger partial charge in [0.15, 0.2) is 0 Å². The largest absolute Gasteiger partial charge is 0.468 e. The highest BCUT2D eigenvalue weighted by Gasteiger charge is 2.36. The number of methoxy groups -OCH3 is 1. The Morgan fingerprint density at radius 1 is 1.44 bits per heavy atom. The summed E-state index contributed by atoms with van der Waals surface area (Å²) in [6, 6.07) is 0.721. The minimum absolute atomic E-state index is 0.153. The van der Waals surface area contributed by atoms with Crippen LogP contribution >= 0.6 is 15.9 Å². The zero-order valence-electron chi connectivity index (χ0n) is 9.82. The average molecular weight is 290 g/mol. The molecule has 1 aliphatic carbocycles. The van der Waals surface area contributed by atoms with E-state index in [1.54, 1.807) is 0 Å². The van der Waals surface area contributed by atoms with Gasteiger partial charge in [0.05, 0.1) is 7.11 Å². The lowest BCUT2D eigenvalue weighted by atomic mass is 9.85. The molecule has 3 unspecified atom stereocenters. The topological polar surface area (TPSA) is 29.5 Å². The first-order valence-electron chi connectivity index (χ1n) is 6.18. The van der Waals surface area contributed by atoms with Crippen molar-refractivity contribution < 1.29 is 9.53 Å². The smallest absolute Gasteiger partial charge is 0.320 e. The third-order valence-corrected chi connectivity index (χ3v) is 4.64. The van der Waals surface area contributed by atoms with Crippen molar-refractivity contribution >= 4 is 21.9 Å². The number of fused-ring (bicyclic) bond motifs is 1. The van der Waals surface area contributed by atoms with Crippen LogP contribution in [0.25, 0.3) is 0 Å². The van der Waals surface area contributed by atoms with Crippen LogP contribution in [0.2, 0.25) is 0 Å². The number of likely N-dealkylation sites (tertiary alicyclic amines) is 1. The van der Waals surface area contributed by atoms with E-state index in [0.717, 1.165) is 25.0 Å². The van der Waals surface area contributed by atoms with Crippen molar-refractivity contribution in [1.29, 1.82) is 0 Å². The summed E-state index contributed by atoms with van der Waals surface area (Å²) in [6.45, 7) is 1.95. The molecule has 1 saturated carbocycles. The maximum Gasteiger partial charge on any atom is 0.320 e. The molecule has 1 aliphatic heterocycles. The number of hydrogen-bond donors (Lipinski definition) is 0. The van der Waals surface area contributed by atoms with Crippen LogP contribution in [-0.4, -0.2) is 41.9 Å². The van der Waals surface area contributed by atoms with Gasteiger partial charge in [0.1, 0.15) is 4.83 Å². The van der Waals surface area contributed by atoms with Gasteiger partial charge in [-0.15, -0.1) is 0 Å². The van der Waals surface area contributed by atoms with Gasteiger partial charge in [-0.2, -0.15) is 0 Å². The molecular weight excluding hydrogens is 270 g/mol. The van der Waals surface area contributed by atoms with E-state index in [4.69, 9.17) is 4.74 Å². The van der Waals surface area contributed by atoms with E-state index in [1.165, 1.54) is 39.2 Å². The summed E-state index contributed by atoms with van der Waals surface area (Å²) in [7, 11) is 1.45. The quantitative estimate of drug-likeness (QED) is 0.589. The summed E-state index contributed by atoms with van der Waals surface area (Å²) in [5.41, 5.74) is 0. The molecule has 0 aromatic rings. The monoisotopic (exact) mass is 289 g/mol. The summed E-state index contributed by atoms with van der Waals surface area (Å²) in [6.07, 6.45) is 6.75. The fourth-order valence-electron chi connectivity index (χ4n) is 3.14. The Balaban J connectivity index is 1.88. The lowest BCUT2D eigenvalue weighted by Gasteiger charge is -2.32. The molecule has 0 aromatic heterocycles. The minimum Gasteiger partial charge on any atom is -0.468 e. The minimum atomic E-state index is -0.168. The van der Waals surface area contributed by atoms with E-state index >= 15 is 0 Å². The predicted octanol–water partition coefficient (Wildman–Crippen LogP) is 2.19. The maximum atomic E-state index is 11.4. The Hall–Kier alpha value is -0.0900. The van der Waals surface area contributed by atoms with Crippen molar-refractivity contribution in [3.8, 4) is 0 Å². The highest BCUT2D eigenvalue weighted by atomic mass is 79.9. The maximum absolute atomic E-state index is 11.4. The molecule has 0 amide bonds. The van der Waals surface area contributed by atoms with E-state index in [-0.39, 0.29) is 10.8 Å². The van der Waals surface area contributed by atoms with Gasteiger partial charge < -0.3 is 4.74 Å². The normalized spacial score (nSPS) is 32.1. The number of rotatable bonds is 3. The van der Waals surface area contributed by atoms with E-state index in [2.05, 4.69) is 20.8 Å². The molecule has 2 rings (SSSR count). The third-order valence-electron chi connectivity index (χ3n) is 3.98. The molecule has 0 bridgehead atoms. The Morgan fingerprint density at radius 3 is 2.94 bits per heavy atom. The van der Waals surface area contributed by atoms with E-state index in [1.807, 2.05) is 0 Å². The molecule has 3 atom stereocenters. The van der Waals surface area contributed by atoms with Crippen molar-refractivity contribution in [3.05, 3.63) is 0 Å². The second-order valence-corrected chi connectivity index (χ2v) is 5.99. The second kappa shape index (κ2) is 5.50. The van der Waals surface area contributed by atoms with Crippen LogP contribution in [0.15, 0.2) is 0 Å². The van der Waals surface area contributed by atoms with Gasteiger partial charge in [-0.1, -0.05) is 28.8 Å². The first-order chi connectivity index (χ1) is 7.72. The van der Waals surface area contributed by atoms with Gasteiger partial charge in [0.25, 0.3) is 0 Å². The number of esters is 1. The Labute approximate surface area is 106 Å². The fourth-order valence-corrected chi connectivity index (χ4v) is 3.70. The molecule has 2 aliphatic rings. The van der Waals surface area contributed by atoms with E-state index in [0.29, 0.717) is 0 Å². The van der Waals surface area contributed by atoms with Crippen molar-refractivity contribution in [2.45, 2.75) is 43.0 Å². The molecule has 92 valence electrons. The number of ether oxygens (including phenoxy) is 1. The molecule has 16 heavy (non-hydrogen) atoms. The predicted molar refractivity (Wildman–Crippen MR) is 66.7 cm³/mol. The molecule has 0 N–H and O–H groups in total. The third kappa shape index (κ3) is 2.59. The highest BCUT2D eigenvalue weighted by molar-refractivity contribution is 9.10. The molecule has 0 spiro atoms. The summed E-state index contributed by atoms with van der Waals surface area (Å²) in [5, 5.41) is 0. The van der Waals surface area contributed by atoms with Gasteiger partial charge in [0, 0.05) is 12.6 Å². The average Bonchev–Trinajstić information content (AvgIpc) is 2.72. The van der Waals surface area contributed by atoms with Crippen molar-refractivity contribution in [1.82, 2.24) is 4.90 Å². The Morgan fingerprint density at radius 2 is 2.19 bits per heavy atom. The van der Waals surface area contributed by atoms with Gasteiger partial charge in [0.2, 0.25) is 0 Å². The van der Waals surface area contributed by atoms with Crippen LogP contribution in [-0.2, 0) is 9.53 Å².